The number of methoxy groups -OCH3 is 1. The molecule has 4 N–H and O–H groups in total. The van der Waals surface area contributed by atoms with Crippen molar-refractivity contribution in [1.29, 1.82) is 0 Å². The van der Waals surface area contributed by atoms with Crippen molar-refractivity contribution in [3.05, 3.63) is 77.9 Å². The van der Waals surface area contributed by atoms with E-state index in [0.717, 1.165) is 17.2 Å². The highest BCUT2D eigenvalue weighted by Gasteiger charge is 2.25. The van der Waals surface area contributed by atoms with E-state index in [9.17, 15) is 14.3 Å². The third-order valence-electron chi connectivity index (χ3n) is 5.96. The van der Waals surface area contributed by atoms with Gasteiger partial charge >= 0.3 is 0 Å². The van der Waals surface area contributed by atoms with Crippen LogP contribution in [0.4, 0.5) is 10.2 Å². The van der Waals surface area contributed by atoms with Crippen LogP contribution in [0.15, 0.2) is 60.9 Å². The number of nitrogens with zero attached hydrogens (tertiary/aromatic N) is 4. The maximum atomic E-state index is 13.6. The Bertz CT molecular complexity index is 1430. The molecule has 9 nitrogen and oxygen atoms in total. The van der Waals surface area contributed by atoms with E-state index in [-0.39, 0.29) is 18.2 Å². The molecule has 2 atom stereocenters. The summed E-state index contributed by atoms with van der Waals surface area (Å²) in [6.45, 7) is 0.240. The summed E-state index contributed by atoms with van der Waals surface area (Å²) in [5, 5.41) is 18.1. The van der Waals surface area contributed by atoms with Crippen LogP contribution in [0, 0.1) is 5.82 Å². The first kappa shape index (κ1) is 22.5. The Morgan fingerprint density at radius 2 is 2.03 bits per heavy atom. The quantitative estimate of drug-likeness (QED) is 0.367. The zero-order chi connectivity index (χ0) is 24.5. The lowest BCUT2D eigenvalue weighted by molar-refractivity contribution is 0.0947. The van der Waals surface area contributed by atoms with E-state index in [1.165, 1.54) is 25.6 Å². The molecule has 0 saturated heterocycles. The van der Waals surface area contributed by atoms with E-state index in [1.54, 1.807) is 10.8 Å². The first-order valence-corrected chi connectivity index (χ1v) is 11.0. The second-order valence-electron chi connectivity index (χ2n) is 8.23. The summed E-state index contributed by atoms with van der Waals surface area (Å²) in [5.41, 5.74) is 9.18. The smallest absolute Gasteiger partial charge is 0.255 e. The average Bonchev–Trinajstić information content (AvgIpc) is 3.47. The predicted octanol–water partition coefficient (Wildman–Crippen LogP) is 3.02. The van der Waals surface area contributed by atoms with E-state index >= 15 is 0 Å². The zero-order valence-electron chi connectivity index (χ0n) is 18.9. The van der Waals surface area contributed by atoms with E-state index in [2.05, 4.69) is 15.3 Å². The maximum Gasteiger partial charge on any atom is 0.255 e. The van der Waals surface area contributed by atoms with Gasteiger partial charge in [-0.3, -0.25) is 4.79 Å². The normalized spacial score (nSPS) is 17.1. The number of anilines is 1. The van der Waals surface area contributed by atoms with Crippen LogP contribution in [0.1, 0.15) is 28.4 Å². The minimum atomic E-state index is -0.524. The fraction of sp³-hybridized carbons (Fsp3) is 0.200. The Morgan fingerprint density at radius 3 is 2.74 bits per heavy atom. The Kier molecular flexibility index (Phi) is 5.87. The molecule has 2 aromatic heterocycles. The Morgan fingerprint density at radius 1 is 1.23 bits per heavy atom. The fourth-order valence-electron chi connectivity index (χ4n) is 4.19. The van der Waals surface area contributed by atoms with Crippen molar-refractivity contribution < 1.29 is 19.0 Å². The van der Waals surface area contributed by atoms with Crippen LogP contribution in [0.3, 0.4) is 0 Å². The molecule has 5 rings (SSSR count). The van der Waals surface area contributed by atoms with Gasteiger partial charge < -0.3 is 20.9 Å². The third-order valence-corrected chi connectivity index (χ3v) is 5.96. The number of ether oxygens (including phenoxy) is 1. The highest BCUT2D eigenvalue weighted by Crippen LogP contribution is 2.34. The summed E-state index contributed by atoms with van der Waals surface area (Å²) in [5.74, 6) is -0.338. The molecule has 0 radical (unpaired) electrons. The topological polar surface area (TPSA) is 128 Å². The number of aliphatic hydroxyl groups excluding tert-OH is 1. The summed E-state index contributed by atoms with van der Waals surface area (Å²) in [7, 11) is 1.43. The molecule has 10 heteroatoms. The van der Waals surface area contributed by atoms with Gasteiger partial charge in [-0.15, -0.1) is 0 Å². The minimum absolute atomic E-state index is 0.127. The summed E-state index contributed by atoms with van der Waals surface area (Å²) in [6, 6.07) is 11.1. The third kappa shape index (κ3) is 4.31. The van der Waals surface area contributed by atoms with Crippen LogP contribution in [0.5, 0.6) is 5.75 Å². The van der Waals surface area contributed by atoms with Gasteiger partial charge in [0.1, 0.15) is 29.4 Å². The number of nitrogens with one attached hydrogen (secondary N) is 1. The number of halogens is 1. The van der Waals surface area contributed by atoms with Crippen LogP contribution in [0.2, 0.25) is 0 Å². The summed E-state index contributed by atoms with van der Waals surface area (Å²) >= 11 is 0. The molecule has 1 aliphatic rings. The van der Waals surface area contributed by atoms with Gasteiger partial charge in [-0.25, -0.2) is 19.0 Å². The van der Waals surface area contributed by atoms with Crippen LogP contribution in [-0.4, -0.2) is 44.0 Å². The highest BCUT2D eigenvalue weighted by atomic mass is 19.1. The highest BCUT2D eigenvalue weighted by molar-refractivity contribution is 5.98. The zero-order valence-corrected chi connectivity index (χ0v) is 18.9. The number of benzene rings is 2. The number of hydrogen-bond acceptors (Lipinski definition) is 7. The van der Waals surface area contributed by atoms with Crippen LogP contribution >= 0.6 is 0 Å². The van der Waals surface area contributed by atoms with Crippen LogP contribution in [-0.2, 0) is 6.54 Å². The van der Waals surface area contributed by atoms with E-state index < -0.39 is 17.8 Å². The number of nitrogen functional groups attached to an aromatic ring is 1. The van der Waals surface area contributed by atoms with Crippen molar-refractivity contribution >= 4 is 22.8 Å². The SMILES string of the molecule is COc1ccc(F)cc1C(=O)NCc1ccc(-c2nn([C@H]3C=C[C@@H](O)C3)c3ncnc(N)c23)cc1. The molecule has 178 valence electrons. The van der Waals surface area contributed by atoms with Crippen molar-refractivity contribution in [2.45, 2.75) is 25.1 Å². The van der Waals surface area contributed by atoms with E-state index in [1.807, 2.05) is 30.3 Å². The van der Waals surface area contributed by atoms with Gasteiger partial charge in [-0.1, -0.05) is 36.4 Å². The van der Waals surface area contributed by atoms with Crippen LogP contribution in [0.25, 0.3) is 22.3 Å². The number of nitrogens with two attached hydrogens (primary N) is 1. The Labute approximate surface area is 200 Å². The van der Waals surface area contributed by atoms with Gasteiger partial charge in [0.2, 0.25) is 0 Å². The fourth-order valence-corrected chi connectivity index (χ4v) is 4.19. The number of aromatic nitrogens is 4. The number of aliphatic hydroxyl groups is 1. The van der Waals surface area contributed by atoms with E-state index in [4.69, 9.17) is 15.6 Å². The molecule has 4 aromatic rings. The van der Waals surface area contributed by atoms with Crippen molar-refractivity contribution in [3.8, 4) is 17.0 Å². The number of fused-ring (bicyclic) bond motifs is 1. The maximum absolute atomic E-state index is 13.6. The number of carbonyl (C=O) groups is 1. The number of hydrogen-bond donors (Lipinski definition) is 3. The van der Waals surface area contributed by atoms with Gasteiger partial charge in [0.15, 0.2) is 5.65 Å². The van der Waals surface area contributed by atoms with Gasteiger partial charge in [-0.2, -0.15) is 5.10 Å². The average molecular weight is 474 g/mol. The van der Waals surface area contributed by atoms with Gasteiger partial charge in [0.25, 0.3) is 5.91 Å². The lowest BCUT2D eigenvalue weighted by Gasteiger charge is -2.10. The van der Waals surface area contributed by atoms with Crippen LogP contribution < -0.4 is 15.8 Å². The second kappa shape index (κ2) is 9.15. The van der Waals surface area contributed by atoms with Gasteiger partial charge in [0.05, 0.1) is 30.2 Å². The first-order chi connectivity index (χ1) is 16.9. The number of rotatable bonds is 6. The lowest BCUT2D eigenvalue weighted by Crippen LogP contribution is -2.23. The Balaban J connectivity index is 1.39. The summed E-state index contributed by atoms with van der Waals surface area (Å²) in [6.07, 6.45) is 5.02. The molecule has 0 spiro atoms. The molecule has 0 saturated carbocycles. The van der Waals surface area contributed by atoms with Gasteiger partial charge in [-0.05, 0) is 23.8 Å². The second-order valence-corrected chi connectivity index (χ2v) is 8.23. The molecule has 35 heavy (non-hydrogen) atoms. The number of allylic oxidation sites excluding steroid dienone is 1. The molecular weight excluding hydrogens is 451 g/mol. The molecule has 1 amide bonds. The number of amides is 1. The molecule has 2 aromatic carbocycles. The largest absolute Gasteiger partial charge is 0.496 e. The molecule has 0 aliphatic heterocycles. The van der Waals surface area contributed by atoms with Crippen molar-refractivity contribution in [2.75, 3.05) is 12.8 Å². The van der Waals surface area contributed by atoms with E-state index in [0.29, 0.717) is 34.7 Å². The minimum Gasteiger partial charge on any atom is -0.496 e. The monoisotopic (exact) mass is 474 g/mol. The summed E-state index contributed by atoms with van der Waals surface area (Å²) in [4.78, 5) is 21.1. The predicted molar refractivity (Wildman–Crippen MR) is 128 cm³/mol. The molecular formula is C25H23FN6O3. The van der Waals surface area contributed by atoms with Gasteiger partial charge in [0, 0.05) is 18.5 Å². The van der Waals surface area contributed by atoms with Crippen molar-refractivity contribution in [3.63, 3.8) is 0 Å². The molecule has 2 heterocycles. The summed E-state index contributed by atoms with van der Waals surface area (Å²) < 4.78 is 20.5. The standard InChI is InChI=1S/C25H23FN6O3/c1-35-20-9-6-16(26)10-19(20)25(34)28-12-14-2-4-15(5-3-14)22-21-23(27)29-13-30-24(21)32(31-22)17-7-8-18(33)11-17/h2-10,13,17-18,33H,11-12H2,1H3,(H,28,34)(H2,27,29,30)/t17-,18+/m0/s1. The Hall–Kier alpha value is -4.31. The lowest BCUT2D eigenvalue weighted by atomic mass is 10.1. The first-order valence-electron chi connectivity index (χ1n) is 11.0. The van der Waals surface area contributed by atoms with Crippen molar-refractivity contribution in [2.24, 2.45) is 0 Å². The molecule has 1 aliphatic carbocycles. The molecule has 0 unspecified atom stereocenters. The van der Waals surface area contributed by atoms with Crippen molar-refractivity contribution in [1.82, 2.24) is 25.1 Å². The molecule has 0 fully saturated rings. The number of carbonyl (C=O) groups excluding carboxylic acids is 1. The molecule has 0 bridgehead atoms.